The van der Waals surface area contributed by atoms with Gasteiger partial charge in [0.05, 0.1) is 12.0 Å². The largest absolute Gasteiger partial charge is 0.349 e. The monoisotopic (exact) mass is 509 g/mol. The molecule has 1 amide bonds. The summed E-state index contributed by atoms with van der Waals surface area (Å²) in [6.45, 7) is 0.209. The third-order valence-corrected chi connectivity index (χ3v) is 6.01. The molecule has 0 saturated heterocycles. The molecular formula is C27H22Cl3N3O. The first kappa shape index (κ1) is 24.1. The van der Waals surface area contributed by atoms with Gasteiger partial charge in [-0.3, -0.25) is 4.79 Å². The summed E-state index contributed by atoms with van der Waals surface area (Å²) in [4.78, 5) is 16.3. The zero-order valence-corrected chi connectivity index (χ0v) is 20.4. The summed E-state index contributed by atoms with van der Waals surface area (Å²) in [5.74, 6) is -0.677. The van der Waals surface area contributed by atoms with E-state index >= 15 is 0 Å². The zero-order chi connectivity index (χ0) is 24.0. The lowest BCUT2D eigenvalue weighted by Gasteiger charge is -2.37. The number of carbonyl (C=O) groups excluding carboxylic acids is 1. The van der Waals surface area contributed by atoms with Gasteiger partial charge in [0.1, 0.15) is 5.54 Å². The first-order valence-corrected chi connectivity index (χ1v) is 11.8. The quantitative estimate of drug-likeness (QED) is 0.237. The van der Waals surface area contributed by atoms with Crippen molar-refractivity contribution in [3.8, 4) is 0 Å². The van der Waals surface area contributed by atoms with Crippen LogP contribution in [0.4, 0.5) is 0 Å². The fraction of sp³-hybridized carbons (Fsp3) is 0.111. The summed E-state index contributed by atoms with van der Waals surface area (Å²) < 4.78 is 0.128. The van der Waals surface area contributed by atoms with Gasteiger partial charge in [-0.25, -0.2) is 4.98 Å². The van der Waals surface area contributed by atoms with Crippen LogP contribution in [0.2, 0.25) is 0 Å². The van der Waals surface area contributed by atoms with Gasteiger partial charge >= 0.3 is 0 Å². The number of rotatable bonds is 7. The molecule has 34 heavy (non-hydrogen) atoms. The Morgan fingerprint density at radius 2 is 1.29 bits per heavy atom. The highest BCUT2D eigenvalue weighted by atomic mass is 35.6. The molecule has 0 atom stereocenters. The van der Waals surface area contributed by atoms with Gasteiger partial charge in [0.2, 0.25) is 0 Å². The molecule has 3 aromatic carbocycles. The predicted molar refractivity (Wildman–Crippen MR) is 139 cm³/mol. The average Bonchev–Trinajstić information content (AvgIpc) is 3.33. The van der Waals surface area contributed by atoms with Crippen LogP contribution in [0.3, 0.4) is 0 Å². The summed E-state index contributed by atoms with van der Waals surface area (Å²) in [5.41, 5.74) is 3.42. The summed E-state index contributed by atoms with van der Waals surface area (Å²) in [6.07, 6.45) is 7.39. The van der Waals surface area contributed by atoms with Crippen LogP contribution < -0.4 is 5.32 Å². The minimum atomic E-state index is -1.99. The van der Waals surface area contributed by atoms with E-state index in [1.54, 1.807) is 6.08 Å². The molecule has 0 radical (unpaired) electrons. The minimum Gasteiger partial charge on any atom is -0.349 e. The van der Waals surface area contributed by atoms with Crippen LogP contribution in [0.25, 0.3) is 6.08 Å². The number of hydrogen-bond donors (Lipinski definition) is 1. The number of nitrogens with zero attached hydrogens (tertiary/aromatic N) is 2. The fourth-order valence-corrected chi connectivity index (χ4v) is 4.22. The fourth-order valence-electron chi connectivity index (χ4n) is 4.02. The van der Waals surface area contributed by atoms with E-state index in [4.69, 9.17) is 34.8 Å². The Balaban J connectivity index is 1.77. The van der Waals surface area contributed by atoms with Crippen molar-refractivity contribution in [1.29, 1.82) is 0 Å². The molecule has 4 aromatic rings. The van der Waals surface area contributed by atoms with Gasteiger partial charge in [0.25, 0.3) is 9.70 Å². The smallest absolute Gasteiger partial charge is 0.272 e. The summed E-state index contributed by atoms with van der Waals surface area (Å²) in [6, 6.07) is 31.1. The molecule has 0 fully saturated rings. The third-order valence-electron chi connectivity index (χ3n) is 5.49. The highest BCUT2D eigenvalue weighted by Crippen LogP contribution is 2.40. The Labute approximate surface area is 213 Å². The van der Waals surface area contributed by atoms with Gasteiger partial charge in [-0.05, 0) is 22.8 Å². The summed E-state index contributed by atoms with van der Waals surface area (Å²) in [5, 5.41) is 2.55. The predicted octanol–water partition coefficient (Wildman–Crippen LogP) is 6.22. The molecule has 172 valence electrons. The summed E-state index contributed by atoms with van der Waals surface area (Å²) in [7, 11) is 0. The SMILES string of the molecule is O=C(NC/C=C\c1cn(C(c2ccccc2)(c2ccccc2)c2ccccc2)cn1)C(Cl)(Cl)Cl. The lowest BCUT2D eigenvalue weighted by molar-refractivity contribution is -0.120. The van der Waals surface area contributed by atoms with E-state index < -0.39 is 15.2 Å². The van der Waals surface area contributed by atoms with Crippen LogP contribution >= 0.6 is 34.8 Å². The number of amides is 1. The maximum Gasteiger partial charge on any atom is 0.272 e. The molecule has 0 aliphatic rings. The van der Waals surface area contributed by atoms with Gasteiger partial charge in [-0.2, -0.15) is 0 Å². The van der Waals surface area contributed by atoms with E-state index in [-0.39, 0.29) is 6.54 Å². The lowest BCUT2D eigenvalue weighted by Crippen LogP contribution is -2.36. The van der Waals surface area contributed by atoms with Crippen LogP contribution in [0.1, 0.15) is 22.4 Å². The molecular weight excluding hydrogens is 489 g/mol. The second-order valence-electron chi connectivity index (χ2n) is 7.62. The maximum absolute atomic E-state index is 11.7. The van der Waals surface area contributed by atoms with E-state index in [2.05, 4.69) is 51.3 Å². The number of nitrogens with one attached hydrogen (secondary N) is 1. The zero-order valence-electron chi connectivity index (χ0n) is 18.1. The average molecular weight is 511 g/mol. The van der Waals surface area contributed by atoms with E-state index in [9.17, 15) is 4.79 Å². The molecule has 1 heterocycles. The lowest BCUT2D eigenvalue weighted by atomic mass is 9.77. The first-order chi connectivity index (χ1) is 16.4. The van der Waals surface area contributed by atoms with Gasteiger partial charge in [0.15, 0.2) is 0 Å². The van der Waals surface area contributed by atoms with Crippen LogP contribution in [0, 0.1) is 0 Å². The molecule has 0 unspecified atom stereocenters. The van der Waals surface area contributed by atoms with Crippen molar-refractivity contribution in [2.45, 2.75) is 9.33 Å². The number of benzene rings is 3. The molecule has 0 saturated carbocycles. The van der Waals surface area contributed by atoms with Crippen LogP contribution in [0.15, 0.2) is 110 Å². The molecule has 0 bridgehead atoms. The number of halogens is 3. The molecule has 1 N–H and O–H groups in total. The topological polar surface area (TPSA) is 46.9 Å². The summed E-state index contributed by atoms with van der Waals surface area (Å²) >= 11 is 16.8. The van der Waals surface area contributed by atoms with Crippen molar-refractivity contribution in [1.82, 2.24) is 14.9 Å². The van der Waals surface area contributed by atoms with E-state index in [0.717, 1.165) is 22.4 Å². The Morgan fingerprint density at radius 1 is 0.824 bits per heavy atom. The van der Waals surface area contributed by atoms with Gasteiger partial charge in [-0.15, -0.1) is 0 Å². The van der Waals surface area contributed by atoms with Crippen LogP contribution in [0.5, 0.6) is 0 Å². The number of hydrogen-bond acceptors (Lipinski definition) is 2. The molecule has 7 heteroatoms. The van der Waals surface area contributed by atoms with Gasteiger partial charge in [-0.1, -0.05) is 132 Å². The normalized spacial score (nSPS) is 12.1. The van der Waals surface area contributed by atoms with E-state index in [0.29, 0.717) is 0 Å². The Morgan fingerprint density at radius 3 is 1.74 bits per heavy atom. The Bertz CT molecular complexity index is 1150. The molecule has 1 aromatic heterocycles. The van der Waals surface area contributed by atoms with E-state index in [1.165, 1.54) is 0 Å². The minimum absolute atomic E-state index is 0.209. The third kappa shape index (κ3) is 5.05. The molecule has 4 nitrogen and oxygen atoms in total. The molecule has 0 aliphatic heterocycles. The highest BCUT2D eigenvalue weighted by molar-refractivity contribution is 6.76. The second-order valence-corrected chi connectivity index (χ2v) is 9.91. The highest BCUT2D eigenvalue weighted by Gasteiger charge is 2.38. The van der Waals surface area contributed by atoms with Crippen LogP contribution in [-0.2, 0) is 10.3 Å². The van der Waals surface area contributed by atoms with Crippen molar-refractivity contribution in [3.05, 3.63) is 132 Å². The van der Waals surface area contributed by atoms with Crippen molar-refractivity contribution in [2.24, 2.45) is 0 Å². The first-order valence-electron chi connectivity index (χ1n) is 10.6. The van der Waals surface area contributed by atoms with Crippen molar-refractivity contribution >= 4 is 46.8 Å². The van der Waals surface area contributed by atoms with Gasteiger partial charge < -0.3 is 9.88 Å². The van der Waals surface area contributed by atoms with Crippen molar-refractivity contribution in [2.75, 3.05) is 6.54 Å². The number of imidazole rings is 1. The number of carbonyl (C=O) groups is 1. The number of aromatic nitrogens is 2. The van der Waals surface area contributed by atoms with Crippen molar-refractivity contribution < 1.29 is 4.79 Å². The Hall–Kier alpha value is -3.05. The van der Waals surface area contributed by atoms with Crippen molar-refractivity contribution in [3.63, 3.8) is 0 Å². The Kier molecular flexibility index (Phi) is 7.42. The molecule has 4 rings (SSSR count). The second kappa shape index (κ2) is 10.5. The van der Waals surface area contributed by atoms with Gasteiger partial charge in [0, 0.05) is 12.7 Å². The standard InChI is InChI=1S/C27H22Cl3N3O/c28-27(29,30)25(34)31-18-10-17-24-19-33(20-32-24)26(21-11-4-1-5-12-21,22-13-6-2-7-14-22)23-15-8-3-9-16-23/h1-17,19-20H,18H2,(H,31,34)/b17-10-. The molecule has 0 aliphatic carbocycles. The van der Waals surface area contributed by atoms with E-state index in [1.807, 2.05) is 73.2 Å². The van der Waals surface area contributed by atoms with Crippen LogP contribution in [-0.4, -0.2) is 25.8 Å². The maximum atomic E-state index is 11.7. The molecule has 0 spiro atoms. The number of alkyl halides is 3.